The van der Waals surface area contributed by atoms with E-state index < -0.39 is 5.97 Å². The summed E-state index contributed by atoms with van der Waals surface area (Å²) in [5.41, 5.74) is 3.22. The molecule has 3 aromatic rings. The minimum atomic E-state index is -0.932. The molecule has 1 heterocycles. The van der Waals surface area contributed by atoms with E-state index in [1.807, 2.05) is 44.2 Å². The van der Waals surface area contributed by atoms with E-state index in [0.717, 1.165) is 34.0 Å². The third-order valence-electron chi connectivity index (χ3n) is 3.82. The number of fused-ring (bicyclic) bond motifs is 1. The number of hydrogen-bond donors (Lipinski definition) is 2. The Hall–Kier alpha value is -2.88. The maximum absolute atomic E-state index is 11.7. The molecular formula is C19H18N2O2. The monoisotopic (exact) mass is 306 g/mol. The van der Waals surface area contributed by atoms with E-state index in [-0.39, 0.29) is 0 Å². The lowest BCUT2D eigenvalue weighted by Crippen LogP contribution is -2.04. The van der Waals surface area contributed by atoms with Gasteiger partial charge >= 0.3 is 5.97 Å². The number of pyridine rings is 1. The van der Waals surface area contributed by atoms with Crippen molar-refractivity contribution in [3.8, 4) is 11.1 Å². The minimum Gasteiger partial charge on any atom is -0.478 e. The summed E-state index contributed by atoms with van der Waals surface area (Å²) in [6.45, 7) is 4.73. The summed E-state index contributed by atoms with van der Waals surface area (Å²) in [5, 5.41) is 14.3. The maximum atomic E-state index is 11.7. The fraction of sp³-hybridized carbons (Fsp3) is 0.158. The third-order valence-corrected chi connectivity index (χ3v) is 3.82. The van der Waals surface area contributed by atoms with Crippen LogP contribution in [0.15, 0.2) is 48.7 Å². The van der Waals surface area contributed by atoms with E-state index in [2.05, 4.69) is 10.3 Å². The van der Waals surface area contributed by atoms with Crippen molar-refractivity contribution in [3.63, 3.8) is 0 Å². The summed E-state index contributed by atoms with van der Waals surface area (Å²) in [6.07, 6.45) is 1.75. The van der Waals surface area contributed by atoms with Crippen LogP contribution in [0.4, 0.5) is 5.82 Å². The first-order valence-corrected chi connectivity index (χ1v) is 7.57. The predicted octanol–water partition coefficient (Wildman–Crippen LogP) is 4.34. The number of carboxylic acids is 1. The van der Waals surface area contributed by atoms with Gasteiger partial charge in [-0.25, -0.2) is 9.78 Å². The molecular weight excluding hydrogens is 288 g/mol. The molecule has 0 saturated carbocycles. The zero-order valence-electron chi connectivity index (χ0n) is 13.1. The molecule has 0 unspecified atom stereocenters. The van der Waals surface area contributed by atoms with Gasteiger partial charge in [0.05, 0.1) is 5.56 Å². The van der Waals surface area contributed by atoms with Crippen LogP contribution in [0, 0.1) is 6.92 Å². The van der Waals surface area contributed by atoms with Gasteiger partial charge in [0.25, 0.3) is 0 Å². The van der Waals surface area contributed by atoms with Crippen LogP contribution in [0.25, 0.3) is 21.9 Å². The first-order valence-electron chi connectivity index (χ1n) is 7.57. The Bertz CT molecular complexity index is 888. The number of nitrogens with zero attached hydrogens (tertiary/aromatic N) is 1. The molecule has 0 aliphatic rings. The average Bonchev–Trinajstić information content (AvgIpc) is 2.54. The van der Waals surface area contributed by atoms with Gasteiger partial charge in [0.15, 0.2) is 0 Å². The van der Waals surface area contributed by atoms with Crippen molar-refractivity contribution < 1.29 is 9.90 Å². The van der Waals surface area contributed by atoms with Gasteiger partial charge in [-0.3, -0.25) is 0 Å². The van der Waals surface area contributed by atoms with Crippen molar-refractivity contribution >= 4 is 22.6 Å². The summed E-state index contributed by atoms with van der Waals surface area (Å²) >= 11 is 0. The van der Waals surface area contributed by atoms with Gasteiger partial charge in [0.1, 0.15) is 5.82 Å². The maximum Gasteiger partial charge on any atom is 0.336 e. The molecule has 0 aliphatic heterocycles. The SMILES string of the molecule is CCNc1ncc(-c2cccc(C)c2)c2c(C(=O)O)cccc12. The number of carboxylic acid groups (broad SMARTS) is 1. The molecule has 0 fully saturated rings. The summed E-state index contributed by atoms with van der Waals surface area (Å²) in [7, 11) is 0. The highest BCUT2D eigenvalue weighted by atomic mass is 16.4. The molecule has 2 aromatic carbocycles. The second-order valence-electron chi connectivity index (χ2n) is 5.45. The van der Waals surface area contributed by atoms with Crippen molar-refractivity contribution in [2.75, 3.05) is 11.9 Å². The van der Waals surface area contributed by atoms with Crippen LogP contribution < -0.4 is 5.32 Å². The predicted molar refractivity (Wildman–Crippen MR) is 93.0 cm³/mol. The van der Waals surface area contributed by atoms with E-state index in [1.54, 1.807) is 18.3 Å². The van der Waals surface area contributed by atoms with Crippen LogP contribution in [0.2, 0.25) is 0 Å². The number of carbonyl (C=O) groups is 1. The highest BCUT2D eigenvalue weighted by Gasteiger charge is 2.16. The van der Waals surface area contributed by atoms with Crippen LogP contribution in [-0.2, 0) is 0 Å². The molecule has 4 nitrogen and oxygen atoms in total. The third kappa shape index (κ3) is 2.75. The van der Waals surface area contributed by atoms with Gasteiger partial charge in [-0.15, -0.1) is 0 Å². The second-order valence-corrected chi connectivity index (χ2v) is 5.45. The lowest BCUT2D eigenvalue weighted by Gasteiger charge is -2.14. The Labute approximate surface area is 134 Å². The highest BCUT2D eigenvalue weighted by molar-refractivity contribution is 6.12. The zero-order chi connectivity index (χ0) is 16.4. The number of aromatic carboxylic acids is 1. The molecule has 0 amide bonds. The molecule has 0 radical (unpaired) electrons. The number of benzene rings is 2. The van der Waals surface area contributed by atoms with Gasteiger partial charge in [-0.05, 0) is 25.5 Å². The van der Waals surface area contributed by atoms with Crippen molar-refractivity contribution in [2.45, 2.75) is 13.8 Å². The van der Waals surface area contributed by atoms with Crippen LogP contribution in [0.5, 0.6) is 0 Å². The van der Waals surface area contributed by atoms with Gasteiger partial charge in [-0.1, -0.05) is 42.0 Å². The number of aromatic nitrogens is 1. The van der Waals surface area contributed by atoms with Crippen molar-refractivity contribution in [3.05, 3.63) is 59.8 Å². The van der Waals surface area contributed by atoms with Crippen molar-refractivity contribution in [1.29, 1.82) is 0 Å². The Kier molecular flexibility index (Phi) is 3.98. The fourth-order valence-electron chi connectivity index (χ4n) is 2.82. The smallest absolute Gasteiger partial charge is 0.336 e. The van der Waals surface area contributed by atoms with Crippen molar-refractivity contribution in [2.24, 2.45) is 0 Å². The van der Waals surface area contributed by atoms with Gasteiger partial charge in [0.2, 0.25) is 0 Å². The summed E-state index contributed by atoms with van der Waals surface area (Å²) < 4.78 is 0. The topological polar surface area (TPSA) is 62.2 Å². The van der Waals surface area contributed by atoms with E-state index >= 15 is 0 Å². The fourth-order valence-corrected chi connectivity index (χ4v) is 2.82. The Morgan fingerprint density at radius 1 is 1.22 bits per heavy atom. The number of anilines is 1. The van der Waals surface area contributed by atoms with E-state index in [0.29, 0.717) is 11.4 Å². The lowest BCUT2D eigenvalue weighted by molar-refractivity contribution is 0.0699. The second kappa shape index (κ2) is 6.08. The molecule has 23 heavy (non-hydrogen) atoms. The van der Waals surface area contributed by atoms with Crippen molar-refractivity contribution in [1.82, 2.24) is 4.98 Å². The van der Waals surface area contributed by atoms with Crippen LogP contribution in [0.3, 0.4) is 0 Å². The largest absolute Gasteiger partial charge is 0.478 e. The van der Waals surface area contributed by atoms with Crippen LogP contribution in [0.1, 0.15) is 22.8 Å². The summed E-state index contributed by atoms with van der Waals surface area (Å²) in [6, 6.07) is 13.3. The molecule has 3 rings (SSSR count). The summed E-state index contributed by atoms with van der Waals surface area (Å²) in [4.78, 5) is 16.2. The normalized spacial score (nSPS) is 10.7. The number of hydrogen-bond acceptors (Lipinski definition) is 3. The number of aryl methyl sites for hydroxylation is 1. The quantitative estimate of drug-likeness (QED) is 0.752. The molecule has 0 atom stereocenters. The molecule has 0 spiro atoms. The Morgan fingerprint density at radius 2 is 2.00 bits per heavy atom. The van der Waals surface area contributed by atoms with Crippen LogP contribution in [-0.4, -0.2) is 22.6 Å². The van der Waals surface area contributed by atoms with Gasteiger partial charge < -0.3 is 10.4 Å². The van der Waals surface area contributed by atoms with E-state index in [1.165, 1.54) is 0 Å². The molecule has 4 heteroatoms. The highest BCUT2D eigenvalue weighted by Crippen LogP contribution is 2.34. The van der Waals surface area contributed by atoms with E-state index in [4.69, 9.17) is 0 Å². The molecule has 0 bridgehead atoms. The lowest BCUT2D eigenvalue weighted by atomic mass is 9.95. The Morgan fingerprint density at radius 3 is 2.70 bits per heavy atom. The molecule has 116 valence electrons. The summed E-state index contributed by atoms with van der Waals surface area (Å²) in [5.74, 6) is -0.222. The standard InChI is InChI=1S/C19H18N2O2/c1-3-20-18-14-8-5-9-15(19(22)23)17(14)16(11-21-18)13-7-4-6-12(2)10-13/h4-11H,3H2,1-2H3,(H,20,21)(H,22,23). The zero-order valence-corrected chi connectivity index (χ0v) is 13.1. The Balaban J connectivity index is 2.38. The average molecular weight is 306 g/mol. The molecule has 2 N–H and O–H groups in total. The first-order chi connectivity index (χ1) is 11.1. The molecule has 1 aromatic heterocycles. The molecule has 0 saturated heterocycles. The number of rotatable bonds is 4. The van der Waals surface area contributed by atoms with Crippen LogP contribution >= 0.6 is 0 Å². The van der Waals surface area contributed by atoms with Gasteiger partial charge in [0, 0.05) is 29.1 Å². The van der Waals surface area contributed by atoms with E-state index in [9.17, 15) is 9.90 Å². The molecule has 0 aliphatic carbocycles. The van der Waals surface area contributed by atoms with Gasteiger partial charge in [-0.2, -0.15) is 0 Å². The number of nitrogens with one attached hydrogen (secondary N) is 1. The first kappa shape index (κ1) is 15.0. The minimum absolute atomic E-state index is 0.292.